The Morgan fingerprint density at radius 3 is 2.38 bits per heavy atom. The minimum atomic E-state index is -0.905. The molecule has 3 aromatic rings. The third-order valence-corrected chi connectivity index (χ3v) is 6.90. The highest BCUT2D eigenvalue weighted by atomic mass is 35.5. The molecular formula is C28H33ClN2O3. The van der Waals surface area contributed by atoms with Crippen molar-refractivity contribution in [2.24, 2.45) is 11.8 Å². The summed E-state index contributed by atoms with van der Waals surface area (Å²) in [7, 11) is 0. The quantitative estimate of drug-likeness (QED) is 0.361. The Kier molecular flexibility index (Phi) is 8.07. The number of rotatable bonds is 9. The fourth-order valence-electron chi connectivity index (χ4n) is 4.97. The first-order valence-electron chi connectivity index (χ1n) is 12.1. The van der Waals surface area contributed by atoms with Crippen molar-refractivity contribution in [3.8, 4) is 22.4 Å². The number of hydrogen-bond donors (Lipinski definition) is 1. The van der Waals surface area contributed by atoms with Gasteiger partial charge in [-0.05, 0) is 61.1 Å². The Morgan fingerprint density at radius 2 is 1.74 bits per heavy atom. The molecule has 1 N–H and O–H groups in total. The maximum Gasteiger partial charge on any atom is 0.329 e. The molecule has 0 bridgehead atoms. The van der Waals surface area contributed by atoms with Crippen LogP contribution in [-0.4, -0.2) is 34.1 Å². The fourth-order valence-corrected chi connectivity index (χ4v) is 5.16. The van der Waals surface area contributed by atoms with E-state index in [0.717, 1.165) is 59.8 Å². The van der Waals surface area contributed by atoms with Crippen LogP contribution in [0.2, 0.25) is 5.02 Å². The van der Waals surface area contributed by atoms with Gasteiger partial charge in [-0.1, -0.05) is 67.9 Å². The Balaban J connectivity index is 1.62. The highest BCUT2D eigenvalue weighted by Gasteiger charge is 2.27. The minimum absolute atomic E-state index is 0.210. The Labute approximate surface area is 206 Å². The summed E-state index contributed by atoms with van der Waals surface area (Å²) in [5, 5.41) is 14.7. The number of carboxylic acid groups (broad SMARTS) is 1. The number of ether oxygens (including phenoxy) is 1. The number of aliphatic carboxylic acids is 1. The molecule has 6 heteroatoms. The number of carbonyl (C=O) groups is 1. The smallest absolute Gasteiger partial charge is 0.329 e. The predicted octanol–water partition coefficient (Wildman–Crippen LogP) is 6.90. The average Bonchev–Trinajstić information content (AvgIpc) is 3.20. The van der Waals surface area contributed by atoms with Crippen molar-refractivity contribution < 1.29 is 14.6 Å². The van der Waals surface area contributed by atoms with Gasteiger partial charge in [0.2, 0.25) is 0 Å². The molecule has 0 saturated heterocycles. The summed E-state index contributed by atoms with van der Waals surface area (Å²) in [4.78, 5) is 10.7. The van der Waals surface area contributed by atoms with Gasteiger partial charge < -0.3 is 9.84 Å². The van der Waals surface area contributed by atoms with Gasteiger partial charge in [-0.15, -0.1) is 0 Å². The molecule has 2 aromatic carbocycles. The van der Waals surface area contributed by atoms with Gasteiger partial charge in [-0.3, -0.25) is 4.68 Å². The molecule has 1 saturated carbocycles. The van der Waals surface area contributed by atoms with Crippen LogP contribution in [0.15, 0.2) is 54.6 Å². The number of hydrogen-bond acceptors (Lipinski definition) is 3. The van der Waals surface area contributed by atoms with E-state index >= 15 is 0 Å². The van der Waals surface area contributed by atoms with Gasteiger partial charge in [0, 0.05) is 22.7 Å². The highest BCUT2D eigenvalue weighted by molar-refractivity contribution is 6.30. The molecule has 0 amide bonds. The van der Waals surface area contributed by atoms with Crippen LogP contribution >= 0.6 is 11.6 Å². The number of aromatic nitrogens is 2. The van der Waals surface area contributed by atoms with E-state index in [2.05, 4.69) is 48.9 Å². The number of halogens is 1. The lowest BCUT2D eigenvalue weighted by molar-refractivity contribution is -0.142. The minimum Gasteiger partial charge on any atom is -0.480 e. The van der Waals surface area contributed by atoms with Gasteiger partial charge >= 0.3 is 5.97 Å². The number of nitrogens with zero attached hydrogens (tertiary/aromatic N) is 2. The van der Waals surface area contributed by atoms with Crippen LogP contribution in [0.3, 0.4) is 0 Å². The van der Waals surface area contributed by atoms with Crippen molar-refractivity contribution >= 4 is 17.6 Å². The van der Waals surface area contributed by atoms with Crippen LogP contribution in [0.4, 0.5) is 0 Å². The molecule has 34 heavy (non-hydrogen) atoms. The third-order valence-electron chi connectivity index (χ3n) is 6.66. The van der Waals surface area contributed by atoms with Crippen molar-refractivity contribution in [1.82, 2.24) is 9.78 Å². The molecule has 180 valence electrons. The molecule has 4 rings (SSSR count). The van der Waals surface area contributed by atoms with Gasteiger partial charge in [-0.2, -0.15) is 5.10 Å². The largest absolute Gasteiger partial charge is 0.480 e. The van der Waals surface area contributed by atoms with E-state index in [1.165, 1.54) is 5.56 Å². The van der Waals surface area contributed by atoms with Crippen molar-refractivity contribution in [1.29, 1.82) is 0 Å². The summed E-state index contributed by atoms with van der Waals surface area (Å²) in [6.07, 6.45) is 4.31. The van der Waals surface area contributed by atoms with Crippen LogP contribution in [0.25, 0.3) is 22.4 Å². The summed E-state index contributed by atoms with van der Waals surface area (Å²) in [6.45, 7) is 5.58. The van der Waals surface area contributed by atoms with Gasteiger partial charge in [0.05, 0.1) is 18.0 Å². The standard InChI is InChI=1S/C28H33ClN2O3/c1-19(2)27-26(23-9-6-10-24(29)15-23)28(22-7-4-3-5-8-22)31(30-27)16-20-11-13-21(14-12-20)17-34-18-25(32)33/h3-10,15,19-21H,11-14,16-18H2,1-2H3,(H,32,33)/t20-,21+. The van der Waals surface area contributed by atoms with E-state index in [0.29, 0.717) is 18.4 Å². The van der Waals surface area contributed by atoms with Crippen molar-refractivity contribution in [2.75, 3.05) is 13.2 Å². The molecule has 0 unspecified atom stereocenters. The van der Waals surface area contributed by atoms with Crippen molar-refractivity contribution in [3.05, 3.63) is 65.3 Å². The van der Waals surface area contributed by atoms with Crippen LogP contribution in [0.1, 0.15) is 51.1 Å². The summed E-state index contributed by atoms with van der Waals surface area (Å²) < 4.78 is 7.56. The molecule has 5 nitrogen and oxygen atoms in total. The SMILES string of the molecule is CC(C)c1nn(C[C@H]2CC[C@@H](COCC(=O)O)CC2)c(-c2ccccc2)c1-c1cccc(Cl)c1. The first kappa shape index (κ1) is 24.5. The summed E-state index contributed by atoms with van der Waals surface area (Å²) in [5.74, 6) is 0.345. The highest BCUT2D eigenvalue weighted by Crippen LogP contribution is 2.40. The maximum atomic E-state index is 10.7. The van der Waals surface area contributed by atoms with Gasteiger partial charge in [0.1, 0.15) is 6.61 Å². The first-order valence-corrected chi connectivity index (χ1v) is 12.5. The summed E-state index contributed by atoms with van der Waals surface area (Å²) in [5.41, 5.74) is 5.67. The zero-order valence-corrected chi connectivity index (χ0v) is 20.7. The summed E-state index contributed by atoms with van der Waals surface area (Å²) >= 11 is 6.38. The normalized spacial score (nSPS) is 18.4. The lowest BCUT2D eigenvalue weighted by atomic mass is 9.82. The second-order valence-electron chi connectivity index (χ2n) is 9.62. The molecule has 1 aliphatic carbocycles. The van der Waals surface area contributed by atoms with Crippen LogP contribution in [0, 0.1) is 11.8 Å². The molecule has 1 aliphatic rings. The van der Waals surface area contributed by atoms with Gasteiger partial charge in [0.15, 0.2) is 0 Å². The summed E-state index contributed by atoms with van der Waals surface area (Å²) in [6, 6.07) is 18.6. The van der Waals surface area contributed by atoms with E-state index in [1.807, 2.05) is 24.3 Å². The van der Waals surface area contributed by atoms with Crippen LogP contribution < -0.4 is 0 Å². The maximum absolute atomic E-state index is 10.7. The fraction of sp³-hybridized carbons (Fsp3) is 0.429. The molecule has 1 heterocycles. The third kappa shape index (κ3) is 5.89. The first-order chi connectivity index (χ1) is 16.4. The van der Waals surface area contributed by atoms with E-state index in [1.54, 1.807) is 0 Å². The molecule has 0 aliphatic heterocycles. The molecule has 1 fully saturated rings. The zero-order valence-electron chi connectivity index (χ0n) is 19.9. The lowest BCUT2D eigenvalue weighted by Crippen LogP contribution is -2.23. The Morgan fingerprint density at radius 1 is 1.06 bits per heavy atom. The lowest BCUT2D eigenvalue weighted by Gasteiger charge is -2.28. The zero-order chi connectivity index (χ0) is 24.1. The topological polar surface area (TPSA) is 64.4 Å². The number of carboxylic acids is 1. The Bertz CT molecular complexity index is 1100. The van der Waals surface area contributed by atoms with Gasteiger partial charge in [0.25, 0.3) is 0 Å². The molecule has 1 aromatic heterocycles. The monoisotopic (exact) mass is 480 g/mol. The van der Waals surface area contributed by atoms with Crippen LogP contribution in [0.5, 0.6) is 0 Å². The second-order valence-corrected chi connectivity index (χ2v) is 10.1. The van der Waals surface area contributed by atoms with Crippen molar-refractivity contribution in [2.45, 2.75) is 52.0 Å². The van der Waals surface area contributed by atoms with E-state index in [9.17, 15) is 4.79 Å². The van der Waals surface area contributed by atoms with E-state index in [-0.39, 0.29) is 12.5 Å². The predicted molar refractivity (Wildman–Crippen MR) is 136 cm³/mol. The average molecular weight is 481 g/mol. The van der Waals surface area contributed by atoms with Crippen LogP contribution in [-0.2, 0) is 16.1 Å². The van der Waals surface area contributed by atoms with E-state index in [4.69, 9.17) is 26.5 Å². The molecular weight excluding hydrogens is 448 g/mol. The number of benzene rings is 2. The van der Waals surface area contributed by atoms with Gasteiger partial charge in [-0.25, -0.2) is 4.79 Å². The Hall–Kier alpha value is -2.63. The molecule has 0 atom stereocenters. The molecule has 0 spiro atoms. The second kappa shape index (κ2) is 11.2. The van der Waals surface area contributed by atoms with E-state index < -0.39 is 5.97 Å². The molecule has 0 radical (unpaired) electrons. The van der Waals surface area contributed by atoms with Crippen molar-refractivity contribution in [3.63, 3.8) is 0 Å².